The van der Waals surface area contributed by atoms with Crippen LogP contribution in [0.3, 0.4) is 0 Å². The molecule has 0 saturated carbocycles. The number of nitrogens with two attached hydrogens (primary N) is 2. The van der Waals surface area contributed by atoms with Crippen molar-refractivity contribution in [1.29, 1.82) is 0 Å². The Hall–Kier alpha value is -3.88. The fraction of sp³-hybridized carbons (Fsp3) is 0.0500. The van der Waals surface area contributed by atoms with Gasteiger partial charge in [-0.05, 0) is 18.2 Å². The molecule has 2 aromatic heterocycles. The lowest BCUT2D eigenvalue weighted by Crippen LogP contribution is -2.24. The van der Waals surface area contributed by atoms with Gasteiger partial charge >= 0.3 is 6.18 Å². The molecule has 0 spiro atoms. The SMILES string of the molecule is NC(N)=NC(=O)c1cn(-c2ccnc3c(C(F)(F)F)cccc23)c2ccccc12. The molecule has 0 atom stereocenters. The Morgan fingerprint density at radius 1 is 1.00 bits per heavy atom. The molecule has 1 amide bonds. The van der Waals surface area contributed by atoms with Gasteiger partial charge in [0, 0.05) is 23.2 Å². The van der Waals surface area contributed by atoms with Crippen LogP contribution in [0.2, 0.25) is 0 Å². The van der Waals surface area contributed by atoms with Gasteiger partial charge < -0.3 is 16.0 Å². The Morgan fingerprint density at radius 3 is 2.45 bits per heavy atom. The smallest absolute Gasteiger partial charge is 0.370 e. The minimum Gasteiger partial charge on any atom is -0.370 e. The molecule has 0 bridgehead atoms. The van der Waals surface area contributed by atoms with Gasteiger partial charge in [-0.1, -0.05) is 30.3 Å². The molecule has 0 aliphatic rings. The fourth-order valence-electron chi connectivity index (χ4n) is 3.33. The summed E-state index contributed by atoms with van der Waals surface area (Å²) in [5.41, 5.74) is 10.9. The predicted octanol–water partition coefficient (Wildman–Crippen LogP) is 3.61. The standard InChI is InChI=1S/C20H14F3N5O/c21-20(22,23)14-6-3-5-12-16(8-9-26-17(12)14)28-10-13(18(29)27-19(24)25)11-4-1-2-7-15(11)28/h1-10H,(H4,24,25,27,29). The monoisotopic (exact) mass is 397 g/mol. The van der Waals surface area contributed by atoms with Gasteiger partial charge in [-0.15, -0.1) is 0 Å². The van der Waals surface area contributed by atoms with Crippen LogP contribution in [0, 0.1) is 0 Å². The van der Waals surface area contributed by atoms with Crippen molar-refractivity contribution in [1.82, 2.24) is 9.55 Å². The molecule has 9 heteroatoms. The summed E-state index contributed by atoms with van der Waals surface area (Å²) in [5, 5.41) is 0.864. The van der Waals surface area contributed by atoms with E-state index in [1.807, 2.05) is 0 Å². The highest BCUT2D eigenvalue weighted by Crippen LogP contribution is 2.36. The first kappa shape index (κ1) is 18.5. The van der Waals surface area contributed by atoms with Gasteiger partial charge in [0.2, 0.25) is 0 Å². The van der Waals surface area contributed by atoms with Crippen LogP contribution in [0.15, 0.2) is 65.9 Å². The summed E-state index contributed by atoms with van der Waals surface area (Å²) in [6.07, 6.45) is -1.73. The highest BCUT2D eigenvalue weighted by Gasteiger charge is 2.33. The molecule has 0 aliphatic heterocycles. The van der Waals surface area contributed by atoms with E-state index >= 15 is 0 Å². The summed E-state index contributed by atoms with van der Waals surface area (Å²) in [4.78, 5) is 20.0. The summed E-state index contributed by atoms with van der Waals surface area (Å²) in [7, 11) is 0. The number of aromatic nitrogens is 2. The number of fused-ring (bicyclic) bond motifs is 2. The third-order valence-electron chi connectivity index (χ3n) is 4.49. The number of rotatable bonds is 2. The van der Waals surface area contributed by atoms with Gasteiger partial charge in [-0.3, -0.25) is 9.78 Å². The maximum Gasteiger partial charge on any atom is 0.418 e. The lowest BCUT2D eigenvalue weighted by molar-refractivity contribution is -0.136. The Labute approximate surface area is 162 Å². The molecule has 0 saturated heterocycles. The lowest BCUT2D eigenvalue weighted by Gasteiger charge is -2.13. The fourth-order valence-corrected chi connectivity index (χ4v) is 3.33. The van der Waals surface area contributed by atoms with Crippen molar-refractivity contribution in [3.63, 3.8) is 0 Å². The van der Waals surface area contributed by atoms with E-state index in [0.717, 1.165) is 6.07 Å². The van der Waals surface area contributed by atoms with Gasteiger partial charge in [0.05, 0.1) is 27.8 Å². The zero-order chi connectivity index (χ0) is 20.8. The van der Waals surface area contributed by atoms with E-state index in [2.05, 4.69) is 9.98 Å². The van der Waals surface area contributed by atoms with E-state index in [0.29, 0.717) is 22.0 Å². The summed E-state index contributed by atoms with van der Waals surface area (Å²) in [6.45, 7) is 0. The molecule has 0 aliphatic carbocycles. The number of aliphatic imine (C=N–C) groups is 1. The predicted molar refractivity (Wildman–Crippen MR) is 104 cm³/mol. The van der Waals surface area contributed by atoms with E-state index in [4.69, 9.17) is 11.5 Å². The number of carbonyl (C=O) groups is 1. The number of nitrogens with zero attached hydrogens (tertiary/aromatic N) is 3. The van der Waals surface area contributed by atoms with Crippen molar-refractivity contribution in [2.24, 2.45) is 16.5 Å². The molecule has 0 radical (unpaired) electrons. The van der Waals surface area contributed by atoms with Crippen LogP contribution in [0.5, 0.6) is 0 Å². The van der Waals surface area contributed by atoms with E-state index in [1.54, 1.807) is 41.0 Å². The molecule has 4 aromatic rings. The average molecular weight is 397 g/mol. The van der Waals surface area contributed by atoms with E-state index < -0.39 is 17.6 Å². The molecule has 6 nitrogen and oxygen atoms in total. The zero-order valence-electron chi connectivity index (χ0n) is 14.8. The highest BCUT2D eigenvalue weighted by atomic mass is 19.4. The van der Waals surface area contributed by atoms with Crippen LogP contribution in [0.1, 0.15) is 15.9 Å². The molecule has 0 unspecified atom stereocenters. The summed E-state index contributed by atoms with van der Waals surface area (Å²) < 4.78 is 41.9. The van der Waals surface area contributed by atoms with E-state index in [9.17, 15) is 18.0 Å². The number of benzene rings is 2. The zero-order valence-corrected chi connectivity index (χ0v) is 14.8. The summed E-state index contributed by atoms with van der Waals surface area (Å²) in [5.74, 6) is -1.02. The molecule has 2 aromatic carbocycles. The lowest BCUT2D eigenvalue weighted by atomic mass is 10.1. The molecule has 2 heterocycles. The van der Waals surface area contributed by atoms with Gasteiger partial charge in [0.15, 0.2) is 5.96 Å². The number of hydrogen-bond donors (Lipinski definition) is 2. The van der Waals surface area contributed by atoms with Gasteiger partial charge in [0.1, 0.15) is 0 Å². The second-order valence-electron chi connectivity index (χ2n) is 6.30. The van der Waals surface area contributed by atoms with E-state index in [1.165, 1.54) is 18.5 Å². The Balaban J connectivity index is 2.03. The van der Waals surface area contributed by atoms with Crippen LogP contribution < -0.4 is 11.5 Å². The normalized spacial score (nSPS) is 11.7. The van der Waals surface area contributed by atoms with E-state index in [-0.39, 0.29) is 17.0 Å². The molecule has 146 valence electrons. The maximum absolute atomic E-state index is 13.4. The Kier molecular flexibility index (Phi) is 4.22. The third kappa shape index (κ3) is 3.16. The number of halogens is 3. The number of hydrogen-bond acceptors (Lipinski definition) is 2. The van der Waals surface area contributed by atoms with Crippen molar-refractivity contribution in [3.05, 3.63) is 72.1 Å². The van der Waals surface area contributed by atoms with Crippen LogP contribution in [-0.4, -0.2) is 21.4 Å². The van der Waals surface area contributed by atoms with Gasteiger partial charge in [0.25, 0.3) is 5.91 Å². The highest BCUT2D eigenvalue weighted by molar-refractivity contribution is 6.11. The third-order valence-corrected chi connectivity index (χ3v) is 4.49. The molecular formula is C20H14F3N5O. The average Bonchev–Trinajstić information content (AvgIpc) is 3.05. The minimum atomic E-state index is -4.54. The number of guanidine groups is 1. The maximum atomic E-state index is 13.4. The Morgan fingerprint density at radius 2 is 1.72 bits per heavy atom. The number of para-hydroxylation sites is 2. The largest absolute Gasteiger partial charge is 0.418 e. The quantitative estimate of drug-likeness (QED) is 0.399. The second-order valence-corrected chi connectivity index (χ2v) is 6.30. The minimum absolute atomic E-state index is 0.174. The molecule has 4 rings (SSSR count). The summed E-state index contributed by atoms with van der Waals surface area (Å²) >= 11 is 0. The van der Waals surface area contributed by atoms with Crippen molar-refractivity contribution >= 4 is 33.7 Å². The number of amides is 1. The van der Waals surface area contributed by atoms with Crippen molar-refractivity contribution in [2.75, 3.05) is 0 Å². The topological polar surface area (TPSA) is 99.3 Å². The van der Waals surface area contributed by atoms with Crippen LogP contribution >= 0.6 is 0 Å². The molecule has 0 fully saturated rings. The second kappa shape index (κ2) is 6.62. The summed E-state index contributed by atoms with van der Waals surface area (Å²) in [6, 6.07) is 12.4. The van der Waals surface area contributed by atoms with Crippen LogP contribution in [0.25, 0.3) is 27.5 Å². The number of carbonyl (C=O) groups excluding carboxylic acids is 1. The number of alkyl halides is 3. The number of pyridine rings is 1. The molecule has 29 heavy (non-hydrogen) atoms. The van der Waals surface area contributed by atoms with Crippen LogP contribution in [-0.2, 0) is 6.18 Å². The van der Waals surface area contributed by atoms with Crippen LogP contribution in [0.4, 0.5) is 13.2 Å². The Bertz CT molecular complexity index is 1290. The molecular weight excluding hydrogens is 383 g/mol. The molecule has 4 N–H and O–H groups in total. The first-order valence-corrected chi connectivity index (χ1v) is 8.46. The van der Waals surface area contributed by atoms with Crippen molar-refractivity contribution < 1.29 is 18.0 Å². The van der Waals surface area contributed by atoms with Gasteiger partial charge in [-0.2, -0.15) is 18.2 Å². The first-order valence-electron chi connectivity index (χ1n) is 8.46. The van der Waals surface area contributed by atoms with Gasteiger partial charge in [-0.25, -0.2) is 0 Å². The first-order chi connectivity index (χ1) is 13.8. The van der Waals surface area contributed by atoms with Crippen molar-refractivity contribution in [2.45, 2.75) is 6.18 Å². The van der Waals surface area contributed by atoms with Crippen molar-refractivity contribution in [3.8, 4) is 5.69 Å².